The Morgan fingerprint density at radius 3 is 2.61 bits per heavy atom. The number of alkyl halides is 2. The van der Waals surface area contributed by atoms with Crippen molar-refractivity contribution in [2.75, 3.05) is 20.0 Å². The molecule has 0 fully saturated rings. The van der Waals surface area contributed by atoms with Crippen LogP contribution in [-0.2, 0) is 40.7 Å². The van der Waals surface area contributed by atoms with Crippen molar-refractivity contribution in [2.24, 2.45) is 0 Å². The van der Waals surface area contributed by atoms with Crippen molar-refractivity contribution in [2.45, 2.75) is 52.1 Å². The number of nitrogens with zero attached hydrogens (tertiary/aromatic N) is 3. The third-order valence-corrected chi connectivity index (χ3v) is 7.80. The molecule has 1 aliphatic carbocycles. The van der Waals surface area contributed by atoms with E-state index in [-0.39, 0.29) is 18.4 Å². The van der Waals surface area contributed by atoms with Crippen molar-refractivity contribution < 1.29 is 26.7 Å². The molecule has 11 heteroatoms. The summed E-state index contributed by atoms with van der Waals surface area (Å²) >= 11 is 0. The Bertz CT molecular complexity index is 1690. The summed E-state index contributed by atoms with van der Waals surface area (Å²) in [5, 5.41) is 0.800. The Hall–Kier alpha value is -3.31. The molecule has 2 aromatic heterocycles. The predicted molar refractivity (Wildman–Crippen MR) is 142 cm³/mol. The molecule has 1 amide bonds. The molecule has 0 aliphatic heterocycles. The summed E-state index contributed by atoms with van der Waals surface area (Å²) in [7, 11) is -2.13. The summed E-state index contributed by atoms with van der Waals surface area (Å²) in [4.78, 5) is 17.5. The number of hydrogen-bond donors (Lipinski definition) is 1. The van der Waals surface area contributed by atoms with E-state index in [0.717, 1.165) is 33.9 Å². The normalized spacial score (nSPS) is 15.2. The van der Waals surface area contributed by atoms with Gasteiger partial charge in [-0.3, -0.25) is 4.79 Å². The Kier molecular flexibility index (Phi) is 6.55. The largest absolute Gasteiger partial charge is 0.383 e. The number of aromatic nitrogens is 3. The van der Waals surface area contributed by atoms with E-state index >= 15 is 0 Å². The maximum absolute atomic E-state index is 14.4. The molecule has 38 heavy (non-hydrogen) atoms. The maximum atomic E-state index is 14.4. The Balaban J connectivity index is 1.70. The van der Waals surface area contributed by atoms with Crippen LogP contribution >= 0.6 is 0 Å². The number of rotatable bonds is 7. The van der Waals surface area contributed by atoms with Crippen LogP contribution in [-0.4, -0.2) is 54.3 Å². The Morgan fingerprint density at radius 2 is 1.92 bits per heavy atom. The molecule has 1 aliphatic rings. The molecule has 1 N–H and O–H groups in total. The lowest BCUT2D eigenvalue weighted by Gasteiger charge is -2.23. The van der Waals surface area contributed by atoms with Crippen LogP contribution in [0.15, 0.2) is 30.3 Å². The van der Waals surface area contributed by atoms with Crippen molar-refractivity contribution >= 4 is 37.9 Å². The molecule has 0 unspecified atom stereocenters. The summed E-state index contributed by atoms with van der Waals surface area (Å²) in [5.74, 6) is -2.85. The van der Waals surface area contributed by atoms with Gasteiger partial charge in [0.15, 0.2) is 0 Å². The lowest BCUT2D eigenvalue weighted by Crippen LogP contribution is -2.29. The van der Waals surface area contributed by atoms with Crippen molar-refractivity contribution in [3.05, 3.63) is 52.7 Å². The van der Waals surface area contributed by atoms with E-state index in [1.165, 1.54) is 0 Å². The molecule has 202 valence electrons. The number of fused-ring (bicyclic) bond motifs is 4. The molecule has 0 bridgehead atoms. The van der Waals surface area contributed by atoms with Crippen LogP contribution in [0, 0.1) is 6.92 Å². The highest BCUT2D eigenvalue weighted by atomic mass is 32.2. The maximum Gasteiger partial charge on any atom is 0.265 e. The third-order valence-electron chi connectivity index (χ3n) is 7.24. The quantitative estimate of drug-likeness (QED) is 0.371. The summed E-state index contributed by atoms with van der Waals surface area (Å²) in [5.41, 5.74) is 5.40. The van der Waals surface area contributed by atoms with Crippen LogP contribution in [0.3, 0.4) is 0 Å². The number of methoxy groups -OCH3 is 1. The van der Waals surface area contributed by atoms with Gasteiger partial charge in [-0.2, -0.15) is 0 Å². The number of carbonyl (C=O) groups excluding carboxylic acids is 1. The second-order valence-electron chi connectivity index (χ2n) is 9.82. The van der Waals surface area contributed by atoms with Gasteiger partial charge >= 0.3 is 0 Å². The van der Waals surface area contributed by atoms with E-state index in [2.05, 4.69) is 4.57 Å². The highest BCUT2D eigenvalue weighted by Crippen LogP contribution is 2.40. The number of amides is 1. The number of imidazole rings is 1. The SMILES string of the molecule is CCn1c2c(c3cc(-c4nc5c(C)c(C(=O)NS(C)(=O)=O)ccc5n4CCOC)ccc31)CC(F)(F)CC2. The number of sulfonamides is 1. The summed E-state index contributed by atoms with van der Waals surface area (Å²) in [6.07, 6.45) is 0.828. The molecule has 5 rings (SSSR count). The van der Waals surface area contributed by atoms with Crippen LogP contribution in [0.1, 0.15) is 40.5 Å². The molecule has 0 saturated heterocycles. The van der Waals surface area contributed by atoms with E-state index in [1.807, 2.05) is 34.4 Å². The molecule has 8 nitrogen and oxygen atoms in total. The first-order chi connectivity index (χ1) is 17.9. The van der Waals surface area contributed by atoms with Gasteiger partial charge in [0.25, 0.3) is 11.8 Å². The highest BCUT2D eigenvalue weighted by Gasteiger charge is 2.37. The van der Waals surface area contributed by atoms with Gasteiger partial charge in [0, 0.05) is 60.8 Å². The van der Waals surface area contributed by atoms with E-state index < -0.39 is 21.9 Å². The van der Waals surface area contributed by atoms with Gasteiger partial charge in [-0.1, -0.05) is 0 Å². The topological polar surface area (TPSA) is 95.2 Å². The smallest absolute Gasteiger partial charge is 0.265 e. The summed E-state index contributed by atoms with van der Waals surface area (Å²) in [6, 6.07) is 9.15. The van der Waals surface area contributed by atoms with Crippen molar-refractivity contribution in [3.8, 4) is 11.4 Å². The van der Waals surface area contributed by atoms with Gasteiger partial charge < -0.3 is 13.9 Å². The monoisotopic (exact) mass is 544 g/mol. The minimum atomic E-state index is -3.73. The molecule has 0 atom stereocenters. The van der Waals surface area contributed by atoms with Gasteiger partial charge in [0.2, 0.25) is 10.0 Å². The number of halogens is 2. The molecular weight excluding hydrogens is 514 g/mol. The number of aryl methyl sites for hydroxylation is 2. The molecule has 4 aromatic rings. The zero-order valence-electron chi connectivity index (χ0n) is 21.8. The molecule has 0 saturated carbocycles. The minimum absolute atomic E-state index is 0.148. The fourth-order valence-electron chi connectivity index (χ4n) is 5.53. The lowest BCUT2D eigenvalue weighted by atomic mass is 9.92. The van der Waals surface area contributed by atoms with Gasteiger partial charge in [0.05, 0.1) is 23.9 Å². The van der Waals surface area contributed by atoms with Crippen LogP contribution in [0.2, 0.25) is 0 Å². The Morgan fingerprint density at radius 1 is 1.18 bits per heavy atom. The van der Waals surface area contributed by atoms with E-state index in [0.29, 0.717) is 48.6 Å². The fourth-order valence-corrected chi connectivity index (χ4v) is 5.98. The fraction of sp³-hybridized carbons (Fsp3) is 0.407. The molecular formula is C27H30F2N4O4S. The average Bonchev–Trinajstić information content (AvgIpc) is 3.36. The zero-order valence-corrected chi connectivity index (χ0v) is 22.6. The van der Waals surface area contributed by atoms with Gasteiger partial charge in [-0.25, -0.2) is 26.9 Å². The summed E-state index contributed by atoms with van der Waals surface area (Å²) in [6.45, 7) is 5.32. The molecule has 0 radical (unpaired) electrons. The van der Waals surface area contributed by atoms with Crippen molar-refractivity contribution in [1.29, 1.82) is 0 Å². The van der Waals surface area contributed by atoms with E-state index in [1.54, 1.807) is 26.2 Å². The van der Waals surface area contributed by atoms with Gasteiger partial charge in [-0.15, -0.1) is 0 Å². The highest BCUT2D eigenvalue weighted by molar-refractivity contribution is 7.89. The summed E-state index contributed by atoms with van der Waals surface area (Å²) < 4.78 is 63.5. The lowest BCUT2D eigenvalue weighted by molar-refractivity contribution is -0.0125. The predicted octanol–water partition coefficient (Wildman–Crippen LogP) is 4.45. The average molecular weight is 545 g/mol. The molecule has 2 heterocycles. The molecule has 0 spiro atoms. The van der Waals surface area contributed by atoms with Crippen molar-refractivity contribution in [3.63, 3.8) is 0 Å². The second-order valence-corrected chi connectivity index (χ2v) is 11.6. The number of carbonyl (C=O) groups is 1. The standard InChI is InChI=1S/C27H30F2N4O4S/c1-5-32-21-8-6-17(14-19(21)20-15-27(28,29)11-10-22(20)32)25-30-24-16(2)18(26(34)31-38(4,35)36)7-9-23(24)33(25)12-13-37-3/h6-9,14H,5,10-13,15H2,1-4H3,(H,31,34). The van der Waals surface area contributed by atoms with E-state index in [9.17, 15) is 22.0 Å². The third kappa shape index (κ3) is 4.58. The second kappa shape index (κ2) is 9.46. The zero-order chi connectivity index (χ0) is 27.4. The first-order valence-corrected chi connectivity index (χ1v) is 14.4. The van der Waals surface area contributed by atoms with E-state index in [4.69, 9.17) is 9.72 Å². The van der Waals surface area contributed by atoms with Crippen molar-refractivity contribution in [1.82, 2.24) is 18.8 Å². The van der Waals surface area contributed by atoms with Gasteiger partial charge in [0.1, 0.15) is 5.82 Å². The van der Waals surface area contributed by atoms with Crippen LogP contribution < -0.4 is 4.72 Å². The number of hydrogen-bond acceptors (Lipinski definition) is 5. The first kappa shape index (κ1) is 26.3. The van der Waals surface area contributed by atoms with Gasteiger partial charge in [-0.05, 0) is 61.7 Å². The number of ether oxygens (including phenoxy) is 1. The van der Waals surface area contributed by atoms with Crippen LogP contribution in [0.4, 0.5) is 8.78 Å². The number of nitrogens with one attached hydrogen (secondary N) is 1. The Labute approximate surface area is 219 Å². The first-order valence-electron chi connectivity index (χ1n) is 12.5. The minimum Gasteiger partial charge on any atom is -0.383 e. The van der Waals surface area contributed by atoms with Crippen LogP contribution in [0.25, 0.3) is 33.3 Å². The molecule has 2 aromatic carbocycles. The van der Waals surface area contributed by atoms with Crippen LogP contribution in [0.5, 0.6) is 0 Å². The number of benzene rings is 2.